The molecule has 4 aliphatic carbocycles. The normalized spacial score (nSPS) is 47.4. The van der Waals surface area contributed by atoms with Crippen LogP contribution in [0.4, 0.5) is 0 Å². The molecule has 0 atom stereocenters. The monoisotopic (exact) mass is 208 g/mol. The number of nitrogens with two attached hydrogens (primary N) is 1. The van der Waals surface area contributed by atoms with E-state index in [-0.39, 0.29) is 0 Å². The van der Waals surface area contributed by atoms with Crippen LogP contribution in [0.2, 0.25) is 0 Å². The predicted molar refractivity (Wildman–Crippen MR) is 62.6 cm³/mol. The first-order valence-electron chi connectivity index (χ1n) is 7.14. The molecule has 0 aromatic heterocycles. The van der Waals surface area contributed by atoms with Crippen LogP contribution in [0.3, 0.4) is 0 Å². The van der Waals surface area contributed by atoms with Crippen molar-refractivity contribution in [3.05, 3.63) is 0 Å². The standard InChI is InChI=1S/C14H25N/c1-2-3-4-15-14-8-11-5-12(9-14)7-13(6-11)10-14/h11-13,15H,2-10H2,1H3/p+1. The van der Waals surface area contributed by atoms with Gasteiger partial charge in [0.1, 0.15) is 0 Å². The Morgan fingerprint density at radius 2 is 1.53 bits per heavy atom. The van der Waals surface area contributed by atoms with Gasteiger partial charge in [0.2, 0.25) is 0 Å². The third-order valence-electron chi connectivity index (χ3n) is 5.22. The van der Waals surface area contributed by atoms with Crippen molar-refractivity contribution in [2.75, 3.05) is 6.54 Å². The van der Waals surface area contributed by atoms with Crippen LogP contribution in [0.1, 0.15) is 58.3 Å². The predicted octanol–water partition coefficient (Wildman–Crippen LogP) is 2.32. The van der Waals surface area contributed by atoms with Gasteiger partial charge < -0.3 is 5.32 Å². The van der Waals surface area contributed by atoms with Gasteiger partial charge in [-0.05, 0) is 43.4 Å². The summed E-state index contributed by atoms with van der Waals surface area (Å²) in [6.45, 7) is 3.70. The minimum atomic E-state index is 0.726. The van der Waals surface area contributed by atoms with Crippen LogP contribution in [0, 0.1) is 17.8 Å². The molecule has 4 saturated carbocycles. The molecule has 1 heteroatoms. The number of hydrogen-bond donors (Lipinski definition) is 1. The van der Waals surface area contributed by atoms with Crippen LogP contribution < -0.4 is 5.32 Å². The molecule has 4 bridgehead atoms. The van der Waals surface area contributed by atoms with E-state index in [1.807, 2.05) is 0 Å². The molecule has 86 valence electrons. The van der Waals surface area contributed by atoms with Gasteiger partial charge in [-0.25, -0.2) is 0 Å². The number of rotatable bonds is 4. The maximum atomic E-state index is 2.75. The van der Waals surface area contributed by atoms with Gasteiger partial charge in [0.15, 0.2) is 0 Å². The molecule has 4 fully saturated rings. The Bertz CT molecular complexity index is 198. The van der Waals surface area contributed by atoms with E-state index >= 15 is 0 Å². The Balaban J connectivity index is 1.65. The molecular formula is C14H26N+. The van der Waals surface area contributed by atoms with Crippen molar-refractivity contribution in [3.8, 4) is 0 Å². The lowest BCUT2D eigenvalue weighted by Crippen LogP contribution is -2.99. The minimum absolute atomic E-state index is 0.726. The summed E-state index contributed by atoms with van der Waals surface area (Å²) in [7, 11) is 0. The van der Waals surface area contributed by atoms with Crippen LogP contribution in [0.25, 0.3) is 0 Å². The highest BCUT2D eigenvalue weighted by Crippen LogP contribution is 2.54. The van der Waals surface area contributed by atoms with Gasteiger partial charge in [-0.15, -0.1) is 0 Å². The molecule has 4 aliphatic rings. The fraction of sp³-hybridized carbons (Fsp3) is 1.00. The first-order chi connectivity index (χ1) is 7.30. The SMILES string of the molecule is CCCC[NH2+]C12CC3CC(CC(C3)C1)C2. The van der Waals surface area contributed by atoms with Crippen molar-refractivity contribution < 1.29 is 5.32 Å². The fourth-order valence-corrected chi connectivity index (χ4v) is 5.04. The van der Waals surface area contributed by atoms with E-state index in [2.05, 4.69) is 12.2 Å². The van der Waals surface area contributed by atoms with Crippen molar-refractivity contribution in [1.29, 1.82) is 0 Å². The van der Waals surface area contributed by atoms with Gasteiger partial charge in [0.25, 0.3) is 0 Å². The molecule has 0 unspecified atom stereocenters. The third kappa shape index (κ3) is 1.84. The van der Waals surface area contributed by atoms with E-state index in [1.165, 1.54) is 19.4 Å². The summed E-state index contributed by atoms with van der Waals surface area (Å²) < 4.78 is 0. The molecule has 0 aromatic rings. The van der Waals surface area contributed by atoms with Gasteiger partial charge >= 0.3 is 0 Å². The van der Waals surface area contributed by atoms with Crippen LogP contribution in [-0.2, 0) is 0 Å². The highest BCUT2D eigenvalue weighted by molar-refractivity contribution is 5.01. The Labute approximate surface area is 94.0 Å². The first kappa shape index (κ1) is 10.1. The summed E-state index contributed by atoms with van der Waals surface area (Å²) >= 11 is 0. The molecule has 0 radical (unpaired) electrons. The van der Waals surface area contributed by atoms with Crippen LogP contribution in [-0.4, -0.2) is 12.1 Å². The average Bonchev–Trinajstić information content (AvgIpc) is 2.15. The fourth-order valence-electron chi connectivity index (χ4n) is 5.04. The second kappa shape index (κ2) is 3.76. The number of quaternary nitrogens is 1. The molecule has 4 rings (SSSR count). The summed E-state index contributed by atoms with van der Waals surface area (Å²) in [5, 5.41) is 2.75. The van der Waals surface area contributed by atoms with Crippen molar-refractivity contribution >= 4 is 0 Å². The van der Waals surface area contributed by atoms with Crippen molar-refractivity contribution in [2.24, 2.45) is 17.8 Å². The van der Waals surface area contributed by atoms with Gasteiger partial charge in [-0.1, -0.05) is 13.3 Å². The van der Waals surface area contributed by atoms with Crippen molar-refractivity contribution in [1.82, 2.24) is 0 Å². The van der Waals surface area contributed by atoms with E-state index in [0.29, 0.717) is 0 Å². The lowest BCUT2D eigenvalue weighted by atomic mass is 9.53. The van der Waals surface area contributed by atoms with Gasteiger partial charge in [0.05, 0.1) is 12.1 Å². The van der Waals surface area contributed by atoms with E-state index in [0.717, 1.165) is 23.3 Å². The van der Waals surface area contributed by atoms with E-state index in [4.69, 9.17) is 0 Å². The van der Waals surface area contributed by atoms with Gasteiger partial charge in [-0.2, -0.15) is 0 Å². The molecular weight excluding hydrogens is 182 g/mol. The number of hydrogen-bond acceptors (Lipinski definition) is 0. The van der Waals surface area contributed by atoms with Gasteiger partial charge in [-0.3, -0.25) is 0 Å². The summed E-state index contributed by atoms with van der Waals surface area (Å²) in [4.78, 5) is 0. The third-order valence-corrected chi connectivity index (χ3v) is 5.22. The lowest BCUT2D eigenvalue weighted by Gasteiger charge is -2.54. The first-order valence-corrected chi connectivity index (χ1v) is 7.14. The second-order valence-electron chi connectivity index (χ2n) is 6.63. The van der Waals surface area contributed by atoms with Gasteiger partial charge in [0, 0.05) is 19.3 Å². The Kier molecular flexibility index (Phi) is 2.54. The largest absolute Gasteiger partial charge is 0.341 e. The van der Waals surface area contributed by atoms with E-state index in [1.54, 1.807) is 38.5 Å². The van der Waals surface area contributed by atoms with Crippen LogP contribution >= 0.6 is 0 Å². The maximum Gasteiger partial charge on any atom is 0.0969 e. The topological polar surface area (TPSA) is 16.6 Å². The maximum absolute atomic E-state index is 2.75. The highest BCUT2D eigenvalue weighted by atomic mass is 15.0. The van der Waals surface area contributed by atoms with Crippen LogP contribution in [0.5, 0.6) is 0 Å². The summed E-state index contributed by atoms with van der Waals surface area (Å²) in [6.07, 6.45) is 12.2. The Morgan fingerprint density at radius 3 is 2.00 bits per heavy atom. The Morgan fingerprint density at radius 1 is 1.00 bits per heavy atom. The summed E-state index contributed by atoms with van der Waals surface area (Å²) in [5.74, 6) is 3.36. The molecule has 1 nitrogen and oxygen atoms in total. The molecule has 0 heterocycles. The second-order valence-corrected chi connectivity index (χ2v) is 6.63. The summed E-state index contributed by atoms with van der Waals surface area (Å²) in [5.41, 5.74) is 0.726. The smallest absolute Gasteiger partial charge is 0.0969 e. The highest BCUT2D eigenvalue weighted by Gasteiger charge is 2.53. The number of unbranched alkanes of at least 4 members (excludes halogenated alkanes) is 1. The lowest BCUT2D eigenvalue weighted by molar-refractivity contribution is -0.739. The van der Waals surface area contributed by atoms with E-state index < -0.39 is 0 Å². The quantitative estimate of drug-likeness (QED) is 0.683. The van der Waals surface area contributed by atoms with Crippen molar-refractivity contribution in [2.45, 2.75) is 63.8 Å². The Hall–Kier alpha value is -0.0400. The molecule has 0 amide bonds. The average molecular weight is 208 g/mol. The molecule has 2 N–H and O–H groups in total. The minimum Gasteiger partial charge on any atom is -0.341 e. The molecule has 0 aromatic carbocycles. The zero-order valence-electron chi connectivity index (χ0n) is 10.2. The summed E-state index contributed by atoms with van der Waals surface area (Å²) in [6, 6.07) is 0. The van der Waals surface area contributed by atoms with Crippen molar-refractivity contribution in [3.63, 3.8) is 0 Å². The van der Waals surface area contributed by atoms with Crippen LogP contribution in [0.15, 0.2) is 0 Å². The molecule has 15 heavy (non-hydrogen) atoms. The molecule has 0 saturated heterocycles. The molecule has 0 spiro atoms. The zero-order chi connectivity index (χ0) is 10.3. The van der Waals surface area contributed by atoms with E-state index in [9.17, 15) is 0 Å². The zero-order valence-corrected chi connectivity index (χ0v) is 10.2. The molecule has 0 aliphatic heterocycles.